The van der Waals surface area contributed by atoms with Gasteiger partial charge in [-0.25, -0.2) is 0 Å². The molecule has 31 heavy (non-hydrogen) atoms. The van der Waals surface area contributed by atoms with Gasteiger partial charge in [-0.05, 0) is 42.1 Å². The van der Waals surface area contributed by atoms with Crippen molar-refractivity contribution in [1.82, 2.24) is 10.6 Å². The first kappa shape index (κ1) is 22.9. The standard InChI is InChI=1S/C23H29N3O4S/c1-4-24-23(25-13-19(27)16-9-17(29-2)12-18(10-16)30-3)26-14-20(28)22-11-15-7-5-6-8-21(15)31-22/h5-12,19-20,27-28H,4,13-14H2,1-3H3,(H2,24,25,26). The van der Waals surface area contributed by atoms with Gasteiger partial charge in [0.1, 0.15) is 17.6 Å². The number of rotatable bonds is 9. The van der Waals surface area contributed by atoms with Crippen molar-refractivity contribution in [2.24, 2.45) is 4.99 Å². The van der Waals surface area contributed by atoms with Crippen LogP contribution in [0.5, 0.6) is 11.5 Å². The van der Waals surface area contributed by atoms with Crippen molar-refractivity contribution in [1.29, 1.82) is 0 Å². The van der Waals surface area contributed by atoms with Gasteiger partial charge in [0.15, 0.2) is 5.96 Å². The van der Waals surface area contributed by atoms with Crippen LogP contribution in [0.15, 0.2) is 53.5 Å². The average molecular weight is 444 g/mol. The van der Waals surface area contributed by atoms with Crippen LogP contribution in [0.2, 0.25) is 0 Å². The number of nitrogens with zero attached hydrogens (tertiary/aromatic N) is 1. The molecular formula is C23H29N3O4S. The molecule has 0 aliphatic heterocycles. The van der Waals surface area contributed by atoms with E-state index >= 15 is 0 Å². The van der Waals surface area contributed by atoms with E-state index in [9.17, 15) is 10.2 Å². The van der Waals surface area contributed by atoms with Crippen LogP contribution in [0, 0.1) is 0 Å². The lowest BCUT2D eigenvalue weighted by Gasteiger charge is -2.17. The summed E-state index contributed by atoms with van der Waals surface area (Å²) in [6.45, 7) is 3.07. The number of methoxy groups -OCH3 is 2. The molecular weight excluding hydrogens is 414 g/mol. The van der Waals surface area contributed by atoms with Crippen LogP contribution in [0.3, 0.4) is 0 Å². The number of aliphatic hydroxyl groups is 2. The maximum absolute atomic E-state index is 10.6. The zero-order valence-corrected chi connectivity index (χ0v) is 18.8. The van der Waals surface area contributed by atoms with Crippen LogP contribution in [-0.4, -0.2) is 50.0 Å². The largest absolute Gasteiger partial charge is 0.497 e. The van der Waals surface area contributed by atoms with E-state index in [1.165, 1.54) is 0 Å². The van der Waals surface area contributed by atoms with Gasteiger partial charge in [-0.1, -0.05) is 18.2 Å². The Hall–Kier alpha value is -2.81. The first-order valence-corrected chi connectivity index (χ1v) is 11.0. The highest BCUT2D eigenvalue weighted by atomic mass is 32.1. The van der Waals surface area contributed by atoms with Gasteiger partial charge in [0.2, 0.25) is 0 Å². The van der Waals surface area contributed by atoms with E-state index in [4.69, 9.17) is 9.47 Å². The highest BCUT2D eigenvalue weighted by Gasteiger charge is 2.14. The van der Waals surface area contributed by atoms with Gasteiger partial charge in [0, 0.05) is 28.7 Å². The van der Waals surface area contributed by atoms with Crippen molar-refractivity contribution in [3.05, 3.63) is 59.0 Å². The molecule has 3 aromatic rings. The first-order valence-electron chi connectivity index (χ1n) is 10.1. The third-order valence-electron chi connectivity index (χ3n) is 4.76. The normalized spacial score (nSPS) is 13.6. The molecule has 0 saturated carbocycles. The number of hydrogen-bond acceptors (Lipinski definition) is 6. The molecule has 2 atom stereocenters. The fourth-order valence-corrected chi connectivity index (χ4v) is 4.15. The number of guanidine groups is 1. The molecule has 0 fully saturated rings. The third kappa shape index (κ3) is 6.10. The van der Waals surface area contributed by atoms with E-state index in [0.717, 1.165) is 15.0 Å². The maximum Gasteiger partial charge on any atom is 0.191 e. The summed E-state index contributed by atoms with van der Waals surface area (Å²) in [5, 5.41) is 28.6. The SMILES string of the molecule is CCNC(=NCC(O)c1cc2ccccc2s1)NCC(O)c1cc(OC)cc(OC)c1. The van der Waals surface area contributed by atoms with E-state index in [1.54, 1.807) is 43.8 Å². The Morgan fingerprint density at radius 1 is 1.00 bits per heavy atom. The third-order valence-corrected chi connectivity index (χ3v) is 5.98. The van der Waals surface area contributed by atoms with E-state index in [0.29, 0.717) is 29.6 Å². The van der Waals surface area contributed by atoms with Crippen molar-refractivity contribution in [3.63, 3.8) is 0 Å². The molecule has 8 heteroatoms. The average Bonchev–Trinajstić information content (AvgIpc) is 3.24. The number of fused-ring (bicyclic) bond motifs is 1. The Bertz CT molecular complexity index is 966. The molecule has 2 aromatic carbocycles. The van der Waals surface area contributed by atoms with Gasteiger partial charge in [0.25, 0.3) is 0 Å². The molecule has 0 radical (unpaired) electrons. The summed E-state index contributed by atoms with van der Waals surface area (Å²) in [6, 6.07) is 15.3. The Labute approximate surface area is 186 Å². The van der Waals surface area contributed by atoms with Crippen LogP contribution < -0.4 is 20.1 Å². The Balaban J connectivity index is 1.64. The minimum absolute atomic E-state index is 0.214. The first-order chi connectivity index (χ1) is 15.0. The molecule has 0 saturated heterocycles. The minimum Gasteiger partial charge on any atom is -0.497 e. The summed E-state index contributed by atoms with van der Waals surface area (Å²) in [5.74, 6) is 1.75. The summed E-state index contributed by atoms with van der Waals surface area (Å²) in [7, 11) is 3.14. The van der Waals surface area contributed by atoms with E-state index in [-0.39, 0.29) is 13.1 Å². The zero-order valence-electron chi connectivity index (χ0n) is 18.0. The molecule has 1 heterocycles. The molecule has 166 valence electrons. The molecule has 3 rings (SSSR count). The summed E-state index contributed by atoms with van der Waals surface area (Å²) >= 11 is 1.57. The predicted molar refractivity (Wildman–Crippen MR) is 125 cm³/mol. The molecule has 0 amide bonds. The van der Waals surface area contributed by atoms with Gasteiger partial charge in [0.05, 0.1) is 26.9 Å². The molecule has 0 aliphatic rings. The predicted octanol–water partition coefficient (Wildman–Crippen LogP) is 3.24. The van der Waals surface area contributed by atoms with Crippen LogP contribution in [-0.2, 0) is 0 Å². The van der Waals surface area contributed by atoms with Crippen LogP contribution in [0.1, 0.15) is 29.6 Å². The maximum atomic E-state index is 10.6. The molecule has 0 spiro atoms. The molecule has 4 N–H and O–H groups in total. The van der Waals surface area contributed by atoms with E-state index in [1.807, 2.05) is 37.3 Å². The highest BCUT2D eigenvalue weighted by molar-refractivity contribution is 7.19. The smallest absolute Gasteiger partial charge is 0.191 e. The summed E-state index contributed by atoms with van der Waals surface area (Å²) in [6.07, 6.45) is -1.49. The van der Waals surface area contributed by atoms with Crippen molar-refractivity contribution < 1.29 is 19.7 Å². The minimum atomic E-state index is -0.791. The van der Waals surface area contributed by atoms with Crippen molar-refractivity contribution in [2.75, 3.05) is 33.9 Å². The lowest BCUT2D eigenvalue weighted by atomic mass is 10.1. The molecule has 7 nitrogen and oxygen atoms in total. The zero-order chi connectivity index (χ0) is 22.2. The second kappa shape index (κ2) is 11.0. The monoisotopic (exact) mass is 443 g/mol. The summed E-state index contributed by atoms with van der Waals surface area (Å²) in [4.78, 5) is 5.36. The number of benzene rings is 2. The molecule has 0 bridgehead atoms. The Morgan fingerprint density at radius 2 is 1.71 bits per heavy atom. The Morgan fingerprint density at radius 3 is 2.35 bits per heavy atom. The topological polar surface area (TPSA) is 95.3 Å². The summed E-state index contributed by atoms with van der Waals surface area (Å²) < 4.78 is 11.7. The van der Waals surface area contributed by atoms with Crippen molar-refractivity contribution in [2.45, 2.75) is 19.1 Å². The number of thiophene rings is 1. The number of aliphatic hydroxyl groups excluding tert-OH is 2. The molecule has 1 aromatic heterocycles. The number of aliphatic imine (C=N–C) groups is 1. The second-order valence-electron chi connectivity index (χ2n) is 6.96. The van der Waals surface area contributed by atoms with Crippen LogP contribution in [0.4, 0.5) is 0 Å². The number of hydrogen-bond donors (Lipinski definition) is 4. The van der Waals surface area contributed by atoms with Crippen LogP contribution in [0.25, 0.3) is 10.1 Å². The number of nitrogens with one attached hydrogen (secondary N) is 2. The summed E-state index contributed by atoms with van der Waals surface area (Å²) in [5.41, 5.74) is 0.671. The van der Waals surface area contributed by atoms with Gasteiger partial charge in [-0.3, -0.25) is 4.99 Å². The van der Waals surface area contributed by atoms with Crippen molar-refractivity contribution >= 4 is 27.4 Å². The lowest BCUT2D eigenvalue weighted by molar-refractivity contribution is 0.179. The van der Waals surface area contributed by atoms with E-state index in [2.05, 4.69) is 15.6 Å². The fourth-order valence-electron chi connectivity index (χ4n) is 3.11. The molecule has 2 unspecified atom stereocenters. The van der Waals surface area contributed by atoms with Gasteiger partial charge < -0.3 is 30.3 Å². The fraction of sp³-hybridized carbons (Fsp3) is 0.348. The lowest BCUT2D eigenvalue weighted by Crippen LogP contribution is -2.39. The van der Waals surface area contributed by atoms with Crippen LogP contribution >= 0.6 is 11.3 Å². The molecule has 0 aliphatic carbocycles. The van der Waals surface area contributed by atoms with Gasteiger partial charge >= 0.3 is 0 Å². The van der Waals surface area contributed by atoms with Crippen molar-refractivity contribution in [3.8, 4) is 11.5 Å². The quantitative estimate of drug-likeness (QED) is 0.300. The van der Waals surface area contributed by atoms with E-state index < -0.39 is 12.2 Å². The Kier molecular flexibility index (Phi) is 8.11. The van der Waals surface area contributed by atoms with Gasteiger partial charge in [-0.15, -0.1) is 11.3 Å². The second-order valence-corrected chi connectivity index (χ2v) is 8.08. The number of ether oxygens (including phenoxy) is 2. The highest BCUT2D eigenvalue weighted by Crippen LogP contribution is 2.30. The van der Waals surface area contributed by atoms with Gasteiger partial charge in [-0.2, -0.15) is 0 Å².